The van der Waals surface area contributed by atoms with Gasteiger partial charge in [-0.15, -0.1) is 0 Å². The third-order valence-corrected chi connectivity index (χ3v) is 3.31. The number of aromatic carboxylic acids is 1. The molecule has 2 N–H and O–H groups in total. The lowest BCUT2D eigenvalue weighted by atomic mass is 10.00. The zero-order valence-corrected chi connectivity index (χ0v) is 10.8. The lowest BCUT2D eigenvalue weighted by Gasteiger charge is -2.30. The van der Waals surface area contributed by atoms with Gasteiger partial charge in [0.2, 0.25) is 0 Å². The summed E-state index contributed by atoms with van der Waals surface area (Å²) < 4.78 is 0. The average molecular weight is 263 g/mol. The standard InChI is InChI=1S/C13H17N3O3/c1-9-3-6-16(7-4-9)13(19)15-11-8-10(12(17)18)2-5-14-11/h2,5,8-9H,3-4,6-7H2,1H3,(H,17,18)(H,14,15,19). The van der Waals surface area contributed by atoms with Gasteiger partial charge in [-0.3, -0.25) is 5.32 Å². The van der Waals surface area contributed by atoms with E-state index in [9.17, 15) is 9.59 Å². The number of anilines is 1. The fourth-order valence-electron chi connectivity index (χ4n) is 2.03. The number of urea groups is 1. The largest absolute Gasteiger partial charge is 0.478 e. The summed E-state index contributed by atoms with van der Waals surface area (Å²) in [7, 11) is 0. The Morgan fingerprint density at radius 1 is 1.42 bits per heavy atom. The van der Waals surface area contributed by atoms with Crippen LogP contribution in [0.25, 0.3) is 0 Å². The number of carbonyl (C=O) groups excluding carboxylic acids is 1. The molecule has 1 aromatic rings. The van der Waals surface area contributed by atoms with Crippen molar-refractivity contribution in [2.24, 2.45) is 5.92 Å². The molecule has 1 fully saturated rings. The summed E-state index contributed by atoms with van der Waals surface area (Å²) in [5.41, 5.74) is 0.109. The first-order valence-corrected chi connectivity index (χ1v) is 6.31. The molecule has 2 heterocycles. The zero-order chi connectivity index (χ0) is 13.8. The molecule has 0 aliphatic carbocycles. The quantitative estimate of drug-likeness (QED) is 0.855. The van der Waals surface area contributed by atoms with Gasteiger partial charge in [-0.1, -0.05) is 6.92 Å². The van der Waals surface area contributed by atoms with Crippen LogP contribution in [0.4, 0.5) is 10.6 Å². The van der Waals surface area contributed by atoms with E-state index in [0.717, 1.165) is 25.9 Å². The van der Waals surface area contributed by atoms with Crippen LogP contribution in [-0.2, 0) is 0 Å². The van der Waals surface area contributed by atoms with Gasteiger partial charge < -0.3 is 10.0 Å². The lowest BCUT2D eigenvalue weighted by Crippen LogP contribution is -2.40. The van der Waals surface area contributed by atoms with Gasteiger partial charge in [0.1, 0.15) is 5.82 Å². The Balaban J connectivity index is 1.98. The lowest BCUT2D eigenvalue weighted by molar-refractivity contribution is 0.0696. The molecular weight excluding hydrogens is 246 g/mol. The van der Waals surface area contributed by atoms with Gasteiger partial charge in [-0.05, 0) is 30.9 Å². The Bertz CT molecular complexity index is 482. The Kier molecular flexibility index (Phi) is 3.99. The molecule has 2 amide bonds. The summed E-state index contributed by atoms with van der Waals surface area (Å²) >= 11 is 0. The maximum Gasteiger partial charge on any atom is 0.335 e. The fraction of sp³-hybridized carbons (Fsp3) is 0.462. The number of pyridine rings is 1. The van der Waals surface area contributed by atoms with Crippen LogP contribution in [0.3, 0.4) is 0 Å². The number of carboxylic acids is 1. The first kappa shape index (κ1) is 13.3. The van der Waals surface area contributed by atoms with Gasteiger partial charge in [0.15, 0.2) is 0 Å². The molecule has 1 saturated heterocycles. The highest BCUT2D eigenvalue weighted by atomic mass is 16.4. The summed E-state index contributed by atoms with van der Waals surface area (Å²) in [6.07, 6.45) is 3.36. The van der Waals surface area contributed by atoms with Gasteiger partial charge in [0.05, 0.1) is 5.56 Å². The highest BCUT2D eigenvalue weighted by Gasteiger charge is 2.20. The van der Waals surface area contributed by atoms with Crippen LogP contribution in [0, 0.1) is 5.92 Å². The number of nitrogens with one attached hydrogen (secondary N) is 1. The predicted molar refractivity (Wildman–Crippen MR) is 70.2 cm³/mol. The average Bonchev–Trinajstić information content (AvgIpc) is 2.39. The molecule has 102 valence electrons. The number of carbonyl (C=O) groups is 2. The molecule has 0 aromatic carbocycles. The van der Waals surface area contributed by atoms with Crippen molar-refractivity contribution in [3.8, 4) is 0 Å². The van der Waals surface area contributed by atoms with Crippen molar-refractivity contribution in [1.29, 1.82) is 0 Å². The SMILES string of the molecule is CC1CCN(C(=O)Nc2cc(C(=O)O)ccn2)CC1. The summed E-state index contributed by atoms with van der Waals surface area (Å²) in [4.78, 5) is 28.5. The summed E-state index contributed by atoms with van der Waals surface area (Å²) in [5.74, 6) is -0.120. The molecule has 0 spiro atoms. The number of amides is 2. The van der Waals surface area contributed by atoms with E-state index < -0.39 is 5.97 Å². The molecule has 0 atom stereocenters. The van der Waals surface area contributed by atoms with Gasteiger partial charge >= 0.3 is 12.0 Å². The van der Waals surface area contributed by atoms with E-state index in [1.807, 2.05) is 0 Å². The molecule has 0 unspecified atom stereocenters. The molecule has 2 rings (SSSR count). The minimum absolute atomic E-state index is 0.109. The minimum Gasteiger partial charge on any atom is -0.478 e. The van der Waals surface area contributed by atoms with Gasteiger partial charge in [0.25, 0.3) is 0 Å². The molecule has 1 aromatic heterocycles. The number of nitrogens with zero attached hydrogens (tertiary/aromatic N) is 2. The molecule has 0 bridgehead atoms. The zero-order valence-electron chi connectivity index (χ0n) is 10.8. The number of hydrogen-bond acceptors (Lipinski definition) is 3. The van der Waals surface area contributed by atoms with E-state index >= 15 is 0 Å². The minimum atomic E-state index is -1.04. The van der Waals surface area contributed by atoms with Crippen molar-refractivity contribution >= 4 is 17.8 Å². The third-order valence-electron chi connectivity index (χ3n) is 3.31. The van der Waals surface area contributed by atoms with Crippen molar-refractivity contribution in [2.45, 2.75) is 19.8 Å². The van der Waals surface area contributed by atoms with Gasteiger partial charge in [-0.25, -0.2) is 14.6 Å². The topological polar surface area (TPSA) is 82.5 Å². The Hall–Kier alpha value is -2.11. The van der Waals surface area contributed by atoms with Crippen molar-refractivity contribution in [3.05, 3.63) is 23.9 Å². The monoisotopic (exact) mass is 263 g/mol. The summed E-state index contributed by atoms with van der Waals surface area (Å²) in [5, 5.41) is 11.5. The number of carboxylic acid groups (broad SMARTS) is 1. The predicted octanol–water partition coefficient (Wildman–Crippen LogP) is 2.04. The molecule has 1 aliphatic heterocycles. The van der Waals surface area contributed by atoms with Crippen LogP contribution in [0.15, 0.2) is 18.3 Å². The van der Waals surface area contributed by atoms with Crippen LogP contribution in [0.5, 0.6) is 0 Å². The molecule has 19 heavy (non-hydrogen) atoms. The molecule has 6 nitrogen and oxygen atoms in total. The first-order chi connectivity index (χ1) is 9.06. The first-order valence-electron chi connectivity index (χ1n) is 6.31. The number of aromatic nitrogens is 1. The summed E-state index contributed by atoms with van der Waals surface area (Å²) in [6.45, 7) is 3.63. The second-order valence-electron chi connectivity index (χ2n) is 4.83. The molecule has 0 radical (unpaired) electrons. The van der Waals surface area contributed by atoms with Crippen molar-refractivity contribution in [2.75, 3.05) is 18.4 Å². The third kappa shape index (κ3) is 3.43. The van der Waals surface area contributed by atoms with Crippen LogP contribution in [-0.4, -0.2) is 40.1 Å². The van der Waals surface area contributed by atoms with E-state index in [0.29, 0.717) is 5.92 Å². The molecule has 6 heteroatoms. The highest BCUT2D eigenvalue weighted by Crippen LogP contribution is 2.17. The van der Waals surface area contributed by atoms with Gasteiger partial charge in [-0.2, -0.15) is 0 Å². The molecular formula is C13H17N3O3. The van der Waals surface area contributed by atoms with E-state index in [1.165, 1.54) is 18.3 Å². The van der Waals surface area contributed by atoms with Crippen LogP contribution in [0.1, 0.15) is 30.1 Å². The van der Waals surface area contributed by atoms with Crippen LogP contribution in [0.2, 0.25) is 0 Å². The second kappa shape index (κ2) is 5.69. The maximum atomic E-state index is 12.0. The Labute approximate surface area is 111 Å². The highest BCUT2D eigenvalue weighted by molar-refractivity contribution is 5.92. The summed E-state index contributed by atoms with van der Waals surface area (Å²) in [6, 6.07) is 2.52. The maximum absolute atomic E-state index is 12.0. The van der Waals surface area contributed by atoms with E-state index in [-0.39, 0.29) is 17.4 Å². The molecule has 1 aliphatic rings. The van der Waals surface area contributed by atoms with Crippen LogP contribution >= 0.6 is 0 Å². The smallest absolute Gasteiger partial charge is 0.335 e. The number of rotatable bonds is 2. The Morgan fingerprint density at radius 2 is 2.11 bits per heavy atom. The van der Waals surface area contributed by atoms with E-state index in [1.54, 1.807) is 4.90 Å². The fourth-order valence-corrected chi connectivity index (χ4v) is 2.03. The van der Waals surface area contributed by atoms with E-state index in [4.69, 9.17) is 5.11 Å². The van der Waals surface area contributed by atoms with Crippen molar-refractivity contribution in [3.63, 3.8) is 0 Å². The number of likely N-dealkylation sites (tertiary alicyclic amines) is 1. The molecule has 0 saturated carbocycles. The normalized spacial score (nSPS) is 16.2. The second-order valence-corrected chi connectivity index (χ2v) is 4.83. The number of hydrogen-bond donors (Lipinski definition) is 2. The van der Waals surface area contributed by atoms with Crippen molar-refractivity contribution < 1.29 is 14.7 Å². The van der Waals surface area contributed by atoms with E-state index in [2.05, 4.69) is 17.2 Å². The van der Waals surface area contributed by atoms with Gasteiger partial charge in [0, 0.05) is 19.3 Å². The number of piperidine rings is 1. The Morgan fingerprint density at radius 3 is 2.74 bits per heavy atom. The van der Waals surface area contributed by atoms with Crippen molar-refractivity contribution in [1.82, 2.24) is 9.88 Å². The van der Waals surface area contributed by atoms with Crippen LogP contribution < -0.4 is 5.32 Å².